The standard InChI is InChI=1S/C16H29N3O4/c1-12(16(22)23)19(10-9-17-13(2)20)11-15(21)18(3)14-7-5-4-6-8-14/h12,14H,4-11H2,1-3H3,(H,17,20)(H,22,23). The summed E-state index contributed by atoms with van der Waals surface area (Å²) in [6, 6.07) is -0.513. The van der Waals surface area contributed by atoms with Gasteiger partial charge in [-0.25, -0.2) is 0 Å². The molecule has 0 aromatic heterocycles. The quantitative estimate of drug-likeness (QED) is 0.684. The highest BCUT2D eigenvalue weighted by atomic mass is 16.4. The monoisotopic (exact) mass is 327 g/mol. The van der Waals surface area contributed by atoms with Crippen molar-refractivity contribution >= 4 is 17.8 Å². The summed E-state index contributed by atoms with van der Waals surface area (Å²) in [7, 11) is 1.80. The molecule has 0 heterocycles. The van der Waals surface area contributed by atoms with Gasteiger partial charge in [-0.1, -0.05) is 19.3 Å². The highest BCUT2D eigenvalue weighted by Gasteiger charge is 2.27. The molecule has 0 aromatic rings. The number of likely N-dealkylation sites (N-methyl/N-ethyl adjacent to an activating group) is 1. The van der Waals surface area contributed by atoms with E-state index in [0.29, 0.717) is 13.1 Å². The zero-order valence-corrected chi connectivity index (χ0v) is 14.4. The Morgan fingerprint density at radius 2 is 1.83 bits per heavy atom. The Labute approximate surface area is 138 Å². The third-order valence-corrected chi connectivity index (χ3v) is 4.53. The minimum Gasteiger partial charge on any atom is -0.480 e. The van der Waals surface area contributed by atoms with Gasteiger partial charge in [0.1, 0.15) is 6.04 Å². The smallest absolute Gasteiger partial charge is 0.320 e. The predicted molar refractivity (Wildman–Crippen MR) is 87.0 cm³/mol. The van der Waals surface area contributed by atoms with Crippen molar-refractivity contribution in [1.29, 1.82) is 0 Å². The lowest BCUT2D eigenvalue weighted by Gasteiger charge is -2.34. The zero-order chi connectivity index (χ0) is 17.4. The van der Waals surface area contributed by atoms with Crippen molar-refractivity contribution in [3.05, 3.63) is 0 Å². The number of hydrogen-bond acceptors (Lipinski definition) is 4. The maximum Gasteiger partial charge on any atom is 0.320 e. The van der Waals surface area contributed by atoms with Crippen LogP contribution in [0.25, 0.3) is 0 Å². The summed E-state index contributed by atoms with van der Waals surface area (Å²) in [5.74, 6) is -1.20. The molecule has 1 rings (SSSR count). The first-order chi connectivity index (χ1) is 10.8. The molecule has 2 amide bonds. The van der Waals surface area contributed by atoms with Crippen LogP contribution < -0.4 is 5.32 Å². The Bertz CT molecular complexity index is 422. The van der Waals surface area contributed by atoms with E-state index in [1.165, 1.54) is 13.3 Å². The summed E-state index contributed by atoms with van der Waals surface area (Å²) in [6.07, 6.45) is 5.53. The van der Waals surface area contributed by atoms with Gasteiger partial charge in [-0.15, -0.1) is 0 Å². The summed E-state index contributed by atoms with van der Waals surface area (Å²) >= 11 is 0. The zero-order valence-electron chi connectivity index (χ0n) is 14.4. The summed E-state index contributed by atoms with van der Waals surface area (Å²) in [6.45, 7) is 3.68. The lowest BCUT2D eigenvalue weighted by molar-refractivity contribution is -0.144. The van der Waals surface area contributed by atoms with Gasteiger partial charge in [0.2, 0.25) is 11.8 Å². The molecule has 0 bridgehead atoms. The molecule has 132 valence electrons. The van der Waals surface area contributed by atoms with Crippen molar-refractivity contribution in [3.8, 4) is 0 Å². The number of rotatable bonds is 8. The van der Waals surface area contributed by atoms with Crippen LogP contribution in [0.4, 0.5) is 0 Å². The number of hydrogen-bond donors (Lipinski definition) is 2. The number of carbonyl (C=O) groups is 3. The summed E-state index contributed by atoms with van der Waals surface area (Å²) in [5.41, 5.74) is 0. The third kappa shape index (κ3) is 6.56. The van der Waals surface area contributed by atoms with Gasteiger partial charge in [-0.2, -0.15) is 0 Å². The van der Waals surface area contributed by atoms with Gasteiger partial charge in [0.05, 0.1) is 6.54 Å². The van der Waals surface area contributed by atoms with Crippen molar-refractivity contribution in [2.45, 2.75) is 58.0 Å². The van der Waals surface area contributed by atoms with Crippen molar-refractivity contribution in [2.24, 2.45) is 0 Å². The molecule has 0 spiro atoms. The topological polar surface area (TPSA) is 90.0 Å². The molecule has 1 aliphatic rings. The van der Waals surface area contributed by atoms with Crippen molar-refractivity contribution in [1.82, 2.24) is 15.1 Å². The van der Waals surface area contributed by atoms with Gasteiger partial charge in [0.15, 0.2) is 0 Å². The minimum atomic E-state index is -0.971. The fourth-order valence-corrected chi connectivity index (χ4v) is 2.90. The molecule has 0 aromatic carbocycles. The molecule has 1 atom stereocenters. The second-order valence-electron chi connectivity index (χ2n) is 6.26. The van der Waals surface area contributed by atoms with Gasteiger partial charge in [0.25, 0.3) is 0 Å². The second kappa shape index (κ2) is 9.50. The molecule has 1 unspecified atom stereocenters. The van der Waals surface area contributed by atoms with Crippen LogP contribution in [0, 0.1) is 0 Å². The van der Waals surface area contributed by atoms with Crippen LogP contribution in [-0.2, 0) is 14.4 Å². The van der Waals surface area contributed by atoms with E-state index in [2.05, 4.69) is 5.32 Å². The number of carboxylic acid groups (broad SMARTS) is 1. The molecular formula is C16H29N3O4. The molecule has 0 saturated heterocycles. The van der Waals surface area contributed by atoms with E-state index in [-0.39, 0.29) is 24.4 Å². The van der Waals surface area contributed by atoms with E-state index in [1.807, 2.05) is 0 Å². The Morgan fingerprint density at radius 3 is 2.35 bits per heavy atom. The predicted octanol–water partition coefficient (Wildman–Crippen LogP) is 0.689. The maximum absolute atomic E-state index is 12.5. The summed E-state index contributed by atoms with van der Waals surface area (Å²) in [5, 5.41) is 11.8. The fraction of sp³-hybridized carbons (Fsp3) is 0.812. The Hall–Kier alpha value is -1.63. The molecule has 1 aliphatic carbocycles. The highest BCUT2D eigenvalue weighted by molar-refractivity contribution is 5.80. The normalized spacial score (nSPS) is 16.9. The molecule has 0 aliphatic heterocycles. The summed E-state index contributed by atoms with van der Waals surface area (Å²) < 4.78 is 0. The van der Waals surface area contributed by atoms with Gasteiger partial charge >= 0.3 is 5.97 Å². The first-order valence-electron chi connectivity index (χ1n) is 8.30. The summed E-state index contributed by atoms with van der Waals surface area (Å²) in [4.78, 5) is 38.0. The third-order valence-electron chi connectivity index (χ3n) is 4.53. The van der Waals surface area contributed by atoms with Crippen molar-refractivity contribution < 1.29 is 19.5 Å². The SMILES string of the molecule is CC(=O)NCCN(CC(=O)N(C)C1CCCCC1)C(C)C(=O)O. The maximum atomic E-state index is 12.5. The van der Waals surface area contributed by atoms with Crippen molar-refractivity contribution in [2.75, 3.05) is 26.7 Å². The molecule has 1 fully saturated rings. The molecule has 1 saturated carbocycles. The van der Waals surface area contributed by atoms with Crippen LogP contribution in [0.3, 0.4) is 0 Å². The molecule has 2 N–H and O–H groups in total. The van der Waals surface area contributed by atoms with Crippen LogP contribution in [-0.4, -0.2) is 71.5 Å². The van der Waals surface area contributed by atoms with Crippen LogP contribution >= 0.6 is 0 Å². The Morgan fingerprint density at radius 1 is 1.22 bits per heavy atom. The van der Waals surface area contributed by atoms with E-state index in [4.69, 9.17) is 0 Å². The fourth-order valence-electron chi connectivity index (χ4n) is 2.90. The number of carbonyl (C=O) groups excluding carboxylic acids is 2. The molecule has 7 heteroatoms. The van der Waals surface area contributed by atoms with E-state index in [1.54, 1.807) is 23.8 Å². The second-order valence-corrected chi connectivity index (χ2v) is 6.26. The average molecular weight is 327 g/mol. The van der Waals surface area contributed by atoms with E-state index in [0.717, 1.165) is 25.7 Å². The number of nitrogens with one attached hydrogen (secondary N) is 1. The Balaban J connectivity index is 2.60. The molecule has 23 heavy (non-hydrogen) atoms. The van der Waals surface area contributed by atoms with Gasteiger partial charge in [0, 0.05) is 33.1 Å². The molecule has 7 nitrogen and oxygen atoms in total. The van der Waals surface area contributed by atoms with Gasteiger partial charge in [-0.3, -0.25) is 19.3 Å². The first-order valence-corrected chi connectivity index (χ1v) is 8.30. The van der Waals surface area contributed by atoms with Crippen molar-refractivity contribution in [3.63, 3.8) is 0 Å². The molecular weight excluding hydrogens is 298 g/mol. The lowest BCUT2D eigenvalue weighted by Crippen LogP contribution is -2.50. The van der Waals surface area contributed by atoms with Crippen LogP contribution in [0.15, 0.2) is 0 Å². The van der Waals surface area contributed by atoms with Crippen LogP contribution in [0.5, 0.6) is 0 Å². The average Bonchev–Trinajstić information content (AvgIpc) is 2.52. The first kappa shape index (κ1) is 19.4. The number of carboxylic acids is 1. The highest BCUT2D eigenvalue weighted by Crippen LogP contribution is 2.21. The van der Waals surface area contributed by atoms with Crippen LogP contribution in [0.2, 0.25) is 0 Å². The number of amides is 2. The Kier molecular flexibility index (Phi) is 8.02. The van der Waals surface area contributed by atoms with E-state index < -0.39 is 12.0 Å². The van der Waals surface area contributed by atoms with Gasteiger partial charge in [-0.05, 0) is 19.8 Å². The minimum absolute atomic E-state index is 0.0556. The van der Waals surface area contributed by atoms with Crippen LogP contribution in [0.1, 0.15) is 46.0 Å². The number of aliphatic carboxylic acids is 1. The van der Waals surface area contributed by atoms with E-state index >= 15 is 0 Å². The van der Waals surface area contributed by atoms with Gasteiger partial charge < -0.3 is 15.3 Å². The lowest BCUT2D eigenvalue weighted by atomic mass is 9.94. The number of nitrogens with zero attached hydrogens (tertiary/aromatic N) is 2. The molecule has 0 radical (unpaired) electrons. The largest absolute Gasteiger partial charge is 0.480 e. The van der Waals surface area contributed by atoms with E-state index in [9.17, 15) is 19.5 Å².